The largest absolute Gasteiger partial charge is 0.288 e. The van der Waals surface area contributed by atoms with Crippen molar-refractivity contribution in [2.24, 2.45) is 0 Å². The first-order valence-corrected chi connectivity index (χ1v) is 7.11. The Kier molecular flexibility index (Phi) is 3.67. The normalized spacial score (nSPS) is 10.7. The highest BCUT2D eigenvalue weighted by molar-refractivity contribution is 7.12. The summed E-state index contributed by atoms with van der Waals surface area (Å²) in [6, 6.07) is 6.22. The molecule has 1 aromatic carbocycles. The van der Waals surface area contributed by atoms with Crippen LogP contribution in [0.2, 0.25) is 0 Å². The quantitative estimate of drug-likeness (QED) is 0.742. The van der Waals surface area contributed by atoms with Crippen molar-refractivity contribution in [2.75, 3.05) is 0 Å². The maximum Gasteiger partial charge on any atom is 0.203 e. The summed E-state index contributed by atoms with van der Waals surface area (Å²) in [7, 11) is 0. The maximum absolute atomic E-state index is 12.7. The Hall–Kier alpha value is -1.41. The number of ketones is 1. The molecule has 0 N–H and O–H groups in total. The molecule has 1 heterocycles. The molecule has 2 rings (SSSR count). The predicted molar refractivity (Wildman–Crippen MR) is 77.8 cm³/mol. The molecule has 0 spiro atoms. The van der Waals surface area contributed by atoms with Gasteiger partial charge < -0.3 is 0 Å². The van der Waals surface area contributed by atoms with Gasteiger partial charge >= 0.3 is 0 Å². The zero-order valence-corrected chi connectivity index (χ0v) is 12.1. The lowest BCUT2D eigenvalue weighted by molar-refractivity contribution is 0.104. The van der Waals surface area contributed by atoms with Gasteiger partial charge in [0.2, 0.25) is 5.78 Å². The minimum absolute atomic E-state index is 0.178. The van der Waals surface area contributed by atoms with Crippen molar-refractivity contribution in [1.29, 1.82) is 0 Å². The van der Waals surface area contributed by atoms with Crippen LogP contribution in [0.5, 0.6) is 0 Å². The van der Waals surface area contributed by atoms with Crippen molar-refractivity contribution in [1.82, 2.24) is 0 Å². The summed E-state index contributed by atoms with van der Waals surface area (Å²) in [6.07, 6.45) is 0.911. The first-order chi connectivity index (χ1) is 8.54. The van der Waals surface area contributed by atoms with E-state index < -0.39 is 0 Å². The summed E-state index contributed by atoms with van der Waals surface area (Å²) >= 11 is 1.55. The van der Waals surface area contributed by atoms with E-state index in [2.05, 4.69) is 32.0 Å². The number of carbonyl (C=O) groups is 1. The van der Waals surface area contributed by atoms with Crippen molar-refractivity contribution < 1.29 is 4.79 Å². The number of aryl methyl sites for hydroxylation is 4. The van der Waals surface area contributed by atoms with Gasteiger partial charge in [0.15, 0.2) is 0 Å². The van der Waals surface area contributed by atoms with Crippen molar-refractivity contribution in [3.8, 4) is 0 Å². The van der Waals surface area contributed by atoms with Crippen molar-refractivity contribution in [3.63, 3.8) is 0 Å². The Morgan fingerprint density at radius 1 is 1.17 bits per heavy atom. The summed E-state index contributed by atoms with van der Waals surface area (Å²) in [5, 5.41) is 2.00. The highest BCUT2D eigenvalue weighted by Gasteiger charge is 2.18. The number of rotatable bonds is 3. The molecular weight excluding hydrogens is 240 g/mol. The minimum atomic E-state index is 0.178. The van der Waals surface area contributed by atoms with Crippen molar-refractivity contribution in [2.45, 2.75) is 34.1 Å². The maximum atomic E-state index is 12.7. The molecule has 0 saturated carbocycles. The van der Waals surface area contributed by atoms with E-state index in [9.17, 15) is 4.79 Å². The monoisotopic (exact) mass is 258 g/mol. The lowest BCUT2D eigenvalue weighted by Gasteiger charge is -2.10. The molecule has 0 amide bonds. The van der Waals surface area contributed by atoms with Crippen LogP contribution in [0.4, 0.5) is 0 Å². The van der Waals surface area contributed by atoms with Gasteiger partial charge in [-0.1, -0.05) is 24.6 Å². The van der Waals surface area contributed by atoms with Gasteiger partial charge in [-0.2, -0.15) is 0 Å². The highest BCUT2D eigenvalue weighted by Crippen LogP contribution is 2.25. The Bertz CT molecular complexity index is 570. The molecule has 0 fully saturated rings. The molecule has 0 atom stereocenters. The van der Waals surface area contributed by atoms with Gasteiger partial charge in [0, 0.05) is 5.56 Å². The van der Waals surface area contributed by atoms with Gasteiger partial charge in [-0.3, -0.25) is 4.79 Å². The van der Waals surface area contributed by atoms with E-state index in [1.807, 2.05) is 19.2 Å². The molecule has 2 heteroatoms. The zero-order chi connectivity index (χ0) is 13.3. The summed E-state index contributed by atoms with van der Waals surface area (Å²) in [5.74, 6) is 0.178. The molecule has 0 aliphatic rings. The van der Waals surface area contributed by atoms with Gasteiger partial charge in [-0.15, -0.1) is 11.3 Å². The van der Waals surface area contributed by atoms with Crippen LogP contribution in [-0.4, -0.2) is 5.78 Å². The fourth-order valence-electron chi connectivity index (χ4n) is 2.47. The SMILES string of the molecule is CCc1ccsc1C(=O)c1c(C)cc(C)cc1C. The molecular formula is C16H18OS. The minimum Gasteiger partial charge on any atom is -0.288 e. The van der Waals surface area contributed by atoms with Gasteiger partial charge in [-0.05, 0) is 55.3 Å². The molecule has 0 radical (unpaired) electrons. The molecule has 2 aromatic rings. The Balaban J connectivity index is 2.53. The third-order valence-electron chi connectivity index (χ3n) is 3.24. The van der Waals surface area contributed by atoms with E-state index in [-0.39, 0.29) is 5.78 Å². The van der Waals surface area contributed by atoms with Crippen LogP contribution in [-0.2, 0) is 6.42 Å². The van der Waals surface area contributed by atoms with Crippen LogP contribution in [0.15, 0.2) is 23.6 Å². The van der Waals surface area contributed by atoms with Gasteiger partial charge in [0.1, 0.15) is 0 Å². The second kappa shape index (κ2) is 5.07. The number of thiophene rings is 1. The Labute approximate surface area is 112 Å². The lowest BCUT2D eigenvalue weighted by atomic mass is 9.95. The molecule has 94 valence electrons. The van der Waals surface area contributed by atoms with E-state index in [4.69, 9.17) is 0 Å². The van der Waals surface area contributed by atoms with Crippen molar-refractivity contribution >= 4 is 17.1 Å². The van der Waals surface area contributed by atoms with Crippen LogP contribution < -0.4 is 0 Å². The summed E-state index contributed by atoms with van der Waals surface area (Å²) in [6.45, 7) is 8.20. The first-order valence-electron chi connectivity index (χ1n) is 6.23. The summed E-state index contributed by atoms with van der Waals surface area (Å²) < 4.78 is 0. The zero-order valence-electron chi connectivity index (χ0n) is 11.3. The molecule has 0 aliphatic carbocycles. The van der Waals surface area contributed by atoms with E-state index in [1.54, 1.807) is 11.3 Å². The topological polar surface area (TPSA) is 17.1 Å². The van der Waals surface area contributed by atoms with E-state index in [0.717, 1.165) is 33.6 Å². The van der Waals surface area contributed by atoms with Gasteiger partial charge in [0.05, 0.1) is 4.88 Å². The average Bonchev–Trinajstić information content (AvgIpc) is 2.75. The smallest absolute Gasteiger partial charge is 0.203 e. The Morgan fingerprint density at radius 2 is 1.78 bits per heavy atom. The number of carbonyl (C=O) groups excluding carboxylic acids is 1. The molecule has 18 heavy (non-hydrogen) atoms. The van der Waals surface area contributed by atoms with E-state index >= 15 is 0 Å². The second-order valence-corrected chi connectivity index (χ2v) is 5.65. The van der Waals surface area contributed by atoms with Crippen LogP contribution in [0.3, 0.4) is 0 Å². The fourth-order valence-corrected chi connectivity index (χ4v) is 3.41. The van der Waals surface area contributed by atoms with Gasteiger partial charge in [0.25, 0.3) is 0 Å². The Morgan fingerprint density at radius 3 is 2.33 bits per heavy atom. The van der Waals surface area contributed by atoms with Crippen molar-refractivity contribution in [3.05, 3.63) is 56.3 Å². The molecule has 0 unspecified atom stereocenters. The van der Waals surface area contributed by atoms with E-state index in [1.165, 1.54) is 5.56 Å². The summed E-state index contributed by atoms with van der Waals surface area (Å²) in [5.41, 5.74) is 5.39. The predicted octanol–water partition coefficient (Wildman–Crippen LogP) is 4.47. The lowest BCUT2D eigenvalue weighted by Crippen LogP contribution is -2.07. The third kappa shape index (κ3) is 2.25. The van der Waals surface area contributed by atoms with Crippen LogP contribution in [0, 0.1) is 20.8 Å². The number of hydrogen-bond donors (Lipinski definition) is 0. The third-order valence-corrected chi connectivity index (χ3v) is 4.19. The second-order valence-electron chi connectivity index (χ2n) is 4.73. The number of hydrogen-bond acceptors (Lipinski definition) is 2. The molecule has 0 aliphatic heterocycles. The van der Waals surface area contributed by atoms with E-state index in [0.29, 0.717) is 0 Å². The van der Waals surface area contributed by atoms with Crippen LogP contribution in [0.25, 0.3) is 0 Å². The number of benzene rings is 1. The standard InChI is InChI=1S/C16H18OS/c1-5-13-6-7-18-16(13)15(17)14-11(3)8-10(2)9-12(14)4/h6-9H,5H2,1-4H3. The molecule has 0 saturated heterocycles. The average molecular weight is 258 g/mol. The molecule has 0 bridgehead atoms. The van der Waals surface area contributed by atoms with Crippen LogP contribution in [0.1, 0.15) is 44.4 Å². The highest BCUT2D eigenvalue weighted by atomic mass is 32.1. The molecule has 1 nitrogen and oxygen atoms in total. The molecule has 1 aromatic heterocycles. The van der Waals surface area contributed by atoms with Gasteiger partial charge in [-0.25, -0.2) is 0 Å². The summed E-state index contributed by atoms with van der Waals surface area (Å²) in [4.78, 5) is 13.5. The fraction of sp³-hybridized carbons (Fsp3) is 0.312. The first kappa shape index (κ1) is 13.0. The van der Waals surface area contributed by atoms with Crippen LogP contribution >= 0.6 is 11.3 Å².